The van der Waals surface area contributed by atoms with E-state index in [2.05, 4.69) is 27.2 Å². The molecule has 0 saturated heterocycles. The van der Waals surface area contributed by atoms with Crippen LogP contribution in [-0.2, 0) is 0 Å². The summed E-state index contributed by atoms with van der Waals surface area (Å²) in [7, 11) is 0. The lowest BCUT2D eigenvalue weighted by atomic mass is 9.79. The van der Waals surface area contributed by atoms with Crippen molar-refractivity contribution in [3.63, 3.8) is 0 Å². The number of nitrogens with zero attached hydrogens (tertiary/aromatic N) is 3. The minimum Gasteiger partial charge on any atom is -0.379 e. The maximum Gasteiger partial charge on any atom is 0.275 e. The first kappa shape index (κ1) is 17.0. The quantitative estimate of drug-likeness (QED) is 0.860. The van der Waals surface area contributed by atoms with Gasteiger partial charge in [-0.2, -0.15) is 0 Å². The van der Waals surface area contributed by atoms with Gasteiger partial charge in [-0.3, -0.25) is 9.79 Å². The number of aromatic nitrogens is 2. The van der Waals surface area contributed by atoms with Crippen LogP contribution < -0.4 is 11.1 Å². The molecule has 8 heteroatoms. The van der Waals surface area contributed by atoms with Gasteiger partial charge in [-0.05, 0) is 25.8 Å². The van der Waals surface area contributed by atoms with E-state index in [9.17, 15) is 4.79 Å². The van der Waals surface area contributed by atoms with Crippen LogP contribution >= 0.6 is 23.4 Å². The number of rotatable bonds is 3. The van der Waals surface area contributed by atoms with E-state index in [1.165, 1.54) is 12.4 Å². The molecule has 2 heterocycles. The standard InChI is InChI=1S/C16H18ClN5OS/c1-16(5-6-24-15(18)22-16)10-3-2-4-11(7-10)21-14(23)12-8-20-13(17)9-19-12/h2,4,7-10H,3,5-6H2,1H3,(H2,18,22)(H,21,23)/t10?,16-/m0/s1. The van der Waals surface area contributed by atoms with Gasteiger partial charge in [0.05, 0.1) is 17.9 Å². The molecular weight excluding hydrogens is 346 g/mol. The average Bonchev–Trinajstić information content (AvgIpc) is 2.55. The molecule has 1 amide bonds. The van der Waals surface area contributed by atoms with Gasteiger partial charge in [0.25, 0.3) is 5.91 Å². The van der Waals surface area contributed by atoms with Crippen molar-refractivity contribution >= 4 is 34.4 Å². The first-order valence-electron chi connectivity index (χ1n) is 7.62. The summed E-state index contributed by atoms with van der Waals surface area (Å²) in [5.74, 6) is 0.832. The van der Waals surface area contributed by atoms with Gasteiger partial charge in [0.15, 0.2) is 5.17 Å². The zero-order chi connectivity index (χ0) is 17.2. The van der Waals surface area contributed by atoms with Crippen molar-refractivity contribution in [3.05, 3.63) is 47.2 Å². The summed E-state index contributed by atoms with van der Waals surface area (Å²) in [4.78, 5) is 24.8. The van der Waals surface area contributed by atoms with Crippen LogP contribution in [0, 0.1) is 5.92 Å². The fourth-order valence-electron chi connectivity index (χ4n) is 2.79. The van der Waals surface area contributed by atoms with Gasteiger partial charge in [-0.15, -0.1) is 0 Å². The lowest BCUT2D eigenvalue weighted by Crippen LogP contribution is -2.38. The van der Waals surface area contributed by atoms with E-state index < -0.39 is 0 Å². The second-order valence-electron chi connectivity index (χ2n) is 5.95. The highest BCUT2D eigenvalue weighted by Crippen LogP contribution is 2.37. The smallest absolute Gasteiger partial charge is 0.275 e. The van der Waals surface area contributed by atoms with Crippen LogP contribution in [0.1, 0.15) is 30.3 Å². The van der Waals surface area contributed by atoms with E-state index in [0.29, 0.717) is 5.17 Å². The van der Waals surface area contributed by atoms with E-state index in [1.54, 1.807) is 11.8 Å². The first-order valence-corrected chi connectivity index (χ1v) is 8.98. The molecule has 2 atom stereocenters. The predicted octanol–water partition coefficient (Wildman–Crippen LogP) is 2.53. The molecular formula is C16H18ClN5OS. The second-order valence-corrected chi connectivity index (χ2v) is 7.45. The third-order valence-corrected chi connectivity index (χ3v) is 5.19. The zero-order valence-corrected chi connectivity index (χ0v) is 14.8. The van der Waals surface area contributed by atoms with Crippen molar-refractivity contribution < 1.29 is 4.79 Å². The van der Waals surface area contributed by atoms with Crippen LogP contribution in [0.5, 0.6) is 0 Å². The molecule has 1 aliphatic carbocycles. The van der Waals surface area contributed by atoms with Crippen LogP contribution in [0.25, 0.3) is 0 Å². The highest BCUT2D eigenvalue weighted by molar-refractivity contribution is 8.13. The zero-order valence-electron chi connectivity index (χ0n) is 13.2. The van der Waals surface area contributed by atoms with Gasteiger partial charge in [0.2, 0.25) is 0 Å². The van der Waals surface area contributed by atoms with Gasteiger partial charge in [-0.25, -0.2) is 9.97 Å². The Morgan fingerprint density at radius 1 is 1.46 bits per heavy atom. The number of amides is 1. The Labute approximate surface area is 149 Å². The van der Waals surface area contributed by atoms with E-state index in [4.69, 9.17) is 17.3 Å². The largest absolute Gasteiger partial charge is 0.379 e. The first-order chi connectivity index (χ1) is 11.5. The predicted molar refractivity (Wildman–Crippen MR) is 96.9 cm³/mol. The molecule has 0 fully saturated rings. The maximum atomic E-state index is 12.3. The Kier molecular flexibility index (Phi) is 4.91. The van der Waals surface area contributed by atoms with Crippen LogP contribution in [0.15, 0.2) is 41.3 Å². The molecule has 24 heavy (non-hydrogen) atoms. The van der Waals surface area contributed by atoms with E-state index in [1.807, 2.05) is 18.2 Å². The van der Waals surface area contributed by atoms with Gasteiger partial charge < -0.3 is 11.1 Å². The van der Waals surface area contributed by atoms with Crippen LogP contribution in [0.4, 0.5) is 0 Å². The summed E-state index contributed by atoms with van der Waals surface area (Å²) in [6.07, 6.45) is 10.5. The summed E-state index contributed by atoms with van der Waals surface area (Å²) < 4.78 is 0. The molecule has 0 saturated carbocycles. The summed E-state index contributed by atoms with van der Waals surface area (Å²) >= 11 is 7.28. The molecule has 3 rings (SSSR count). The number of nitrogens with one attached hydrogen (secondary N) is 1. The second kappa shape index (κ2) is 6.94. The molecule has 2 aliphatic rings. The van der Waals surface area contributed by atoms with Crippen LogP contribution in [0.3, 0.4) is 0 Å². The molecule has 1 aliphatic heterocycles. The highest BCUT2D eigenvalue weighted by atomic mass is 35.5. The van der Waals surface area contributed by atoms with Crippen molar-refractivity contribution in [1.29, 1.82) is 0 Å². The number of carbonyl (C=O) groups is 1. The fourth-order valence-corrected chi connectivity index (χ4v) is 3.89. The van der Waals surface area contributed by atoms with Crippen molar-refractivity contribution in [2.75, 3.05) is 5.75 Å². The van der Waals surface area contributed by atoms with Gasteiger partial charge in [-0.1, -0.05) is 35.5 Å². The Morgan fingerprint density at radius 3 is 3.00 bits per heavy atom. The number of carbonyl (C=O) groups excluding carboxylic acids is 1. The third-order valence-electron chi connectivity index (χ3n) is 4.20. The number of aliphatic imine (C=N–C) groups is 1. The van der Waals surface area contributed by atoms with Crippen LogP contribution in [0.2, 0.25) is 5.15 Å². The normalized spacial score (nSPS) is 26.5. The summed E-state index contributed by atoms with van der Waals surface area (Å²) in [5, 5.41) is 3.74. The molecule has 126 valence electrons. The average molecular weight is 364 g/mol. The van der Waals surface area contributed by atoms with Crippen LogP contribution in [-0.4, -0.2) is 32.3 Å². The molecule has 1 aromatic rings. The van der Waals surface area contributed by atoms with Gasteiger partial charge >= 0.3 is 0 Å². The van der Waals surface area contributed by atoms with Gasteiger partial charge in [0, 0.05) is 17.4 Å². The lowest BCUT2D eigenvalue weighted by Gasteiger charge is -2.36. The van der Waals surface area contributed by atoms with E-state index in [0.717, 1.165) is 24.3 Å². The minimum absolute atomic E-state index is 0.188. The topological polar surface area (TPSA) is 93.3 Å². The highest BCUT2D eigenvalue weighted by Gasteiger charge is 2.35. The molecule has 6 nitrogen and oxygen atoms in total. The molecule has 1 aromatic heterocycles. The Balaban J connectivity index is 1.75. The number of hydrogen-bond donors (Lipinski definition) is 2. The Morgan fingerprint density at radius 2 is 2.29 bits per heavy atom. The lowest BCUT2D eigenvalue weighted by molar-refractivity contribution is 0.0961. The summed E-state index contributed by atoms with van der Waals surface area (Å²) in [5.41, 5.74) is 6.62. The third kappa shape index (κ3) is 3.79. The SMILES string of the molecule is C[C@@]1(C2C=C(NC(=O)c3cnc(Cl)cn3)C=CC2)CCSC(N)=N1. The van der Waals surface area contributed by atoms with Crippen molar-refractivity contribution in [1.82, 2.24) is 15.3 Å². The van der Waals surface area contributed by atoms with Crippen molar-refractivity contribution in [2.45, 2.75) is 25.3 Å². The molecule has 0 aromatic carbocycles. The minimum atomic E-state index is -0.317. The molecule has 3 N–H and O–H groups in total. The van der Waals surface area contributed by atoms with Crippen molar-refractivity contribution in [3.8, 4) is 0 Å². The summed E-state index contributed by atoms with van der Waals surface area (Å²) in [6, 6.07) is 0. The summed E-state index contributed by atoms with van der Waals surface area (Å²) in [6.45, 7) is 2.12. The fraction of sp³-hybridized carbons (Fsp3) is 0.375. The monoisotopic (exact) mass is 363 g/mol. The molecule has 0 spiro atoms. The molecule has 0 radical (unpaired) electrons. The number of hydrogen-bond acceptors (Lipinski definition) is 6. The number of halogens is 1. The maximum absolute atomic E-state index is 12.3. The van der Waals surface area contributed by atoms with Gasteiger partial charge in [0.1, 0.15) is 10.8 Å². The van der Waals surface area contributed by atoms with Crippen molar-refractivity contribution in [2.24, 2.45) is 16.6 Å². The number of nitrogens with two attached hydrogens (primary N) is 1. The molecule has 1 unspecified atom stereocenters. The number of amidine groups is 1. The number of thioether (sulfide) groups is 1. The number of allylic oxidation sites excluding steroid dienone is 2. The Hall–Kier alpha value is -1.86. The molecule has 0 bridgehead atoms. The van der Waals surface area contributed by atoms with E-state index in [-0.39, 0.29) is 28.2 Å². The van der Waals surface area contributed by atoms with E-state index >= 15 is 0 Å². The Bertz CT molecular complexity index is 730.